The fourth-order valence-corrected chi connectivity index (χ4v) is 2.25. The first-order valence-electron chi connectivity index (χ1n) is 6.55. The summed E-state index contributed by atoms with van der Waals surface area (Å²) in [6.45, 7) is 6.64. The van der Waals surface area contributed by atoms with Gasteiger partial charge in [-0.2, -0.15) is 5.10 Å². The van der Waals surface area contributed by atoms with Crippen molar-refractivity contribution in [2.24, 2.45) is 5.92 Å². The zero-order valence-corrected chi connectivity index (χ0v) is 10.6. The van der Waals surface area contributed by atoms with Gasteiger partial charge in [0.15, 0.2) is 5.82 Å². The highest BCUT2D eigenvalue weighted by Crippen LogP contribution is 2.13. The summed E-state index contributed by atoms with van der Waals surface area (Å²) < 4.78 is 7.55. The number of piperidine rings is 1. The van der Waals surface area contributed by atoms with Crippen LogP contribution in [0.4, 0.5) is 0 Å². The first kappa shape index (κ1) is 12.5. The monoisotopic (exact) mass is 238 g/mol. The minimum absolute atomic E-state index is 0.577. The van der Waals surface area contributed by atoms with Crippen molar-refractivity contribution in [3.05, 3.63) is 12.2 Å². The highest BCUT2D eigenvalue weighted by molar-refractivity contribution is 4.80. The van der Waals surface area contributed by atoms with Crippen molar-refractivity contribution >= 4 is 0 Å². The lowest BCUT2D eigenvalue weighted by Crippen LogP contribution is -2.30. The van der Waals surface area contributed by atoms with Gasteiger partial charge >= 0.3 is 0 Å². The van der Waals surface area contributed by atoms with Gasteiger partial charge in [-0.05, 0) is 45.2 Å². The summed E-state index contributed by atoms with van der Waals surface area (Å²) >= 11 is 0. The third-order valence-corrected chi connectivity index (χ3v) is 3.30. The Labute approximate surface area is 103 Å². The van der Waals surface area contributed by atoms with Gasteiger partial charge in [0, 0.05) is 13.2 Å². The Bertz CT molecular complexity index is 320. The van der Waals surface area contributed by atoms with E-state index in [0.29, 0.717) is 6.61 Å². The Balaban J connectivity index is 1.62. The van der Waals surface area contributed by atoms with Crippen LogP contribution >= 0.6 is 0 Å². The number of rotatable bonds is 6. The highest BCUT2D eigenvalue weighted by Gasteiger charge is 2.12. The second-order valence-electron chi connectivity index (χ2n) is 4.55. The van der Waals surface area contributed by atoms with E-state index in [4.69, 9.17) is 4.74 Å². The molecule has 1 aliphatic rings. The maximum Gasteiger partial charge on any atom is 0.152 e. The quantitative estimate of drug-likeness (QED) is 0.757. The zero-order valence-electron chi connectivity index (χ0n) is 10.6. The number of nitrogens with one attached hydrogen (secondary N) is 1. The molecule has 0 aromatic carbocycles. The summed E-state index contributed by atoms with van der Waals surface area (Å²) in [5.41, 5.74) is 0. The molecular weight excluding hydrogens is 216 g/mol. The maximum absolute atomic E-state index is 5.67. The van der Waals surface area contributed by atoms with E-state index in [-0.39, 0.29) is 0 Å². The van der Waals surface area contributed by atoms with E-state index in [1.54, 1.807) is 6.33 Å². The molecule has 5 heteroatoms. The van der Waals surface area contributed by atoms with E-state index in [1.807, 2.05) is 4.68 Å². The average Bonchev–Trinajstić information content (AvgIpc) is 2.83. The van der Waals surface area contributed by atoms with Crippen molar-refractivity contribution < 1.29 is 4.74 Å². The van der Waals surface area contributed by atoms with Crippen LogP contribution in [0.15, 0.2) is 6.33 Å². The number of aryl methyl sites for hydroxylation is 1. The van der Waals surface area contributed by atoms with E-state index >= 15 is 0 Å². The van der Waals surface area contributed by atoms with E-state index < -0.39 is 0 Å². The molecule has 0 amide bonds. The molecule has 0 bridgehead atoms. The molecule has 1 saturated heterocycles. The Morgan fingerprint density at radius 2 is 2.53 bits per heavy atom. The number of aromatic nitrogens is 3. The minimum Gasteiger partial charge on any atom is -0.373 e. The Morgan fingerprint density at radius 3 is 3.29 bits per heavy atom. The van der Waals surface area contributed by atoms with Gasteiger partial charge in [-0.3, -0.25) is 0 Å². The fraction of sp³-hybridized carbons (Fsp3) is 0.833. The van der Waals surface area contributed by atoms with Crippen LogP contribution in [0.3, 0.4) is 0 Å². The van der Waals surface area contributed by atoms with Gasteiger partial charge in [-0.25, -0.2) is 9.67 Å². The third kappa shape index (κ3) is 3.78. The van der Waals surface area contributed by atoms with E-state index in [9.17, 15) is 0 Å². The molecule has 96 valence electrons. The van der Waals surface area contributed by atoms with Crippen molar-refractivity contribution in [1.82, 2.24) is 20.1 Å². The lowest BCUT2D eigenvalue weighted by Gasteiger charge is -2.22. The number of nitrogens with zero attached hydrogens (tertiary/aromatic N) is 3. The van der Waals surface area contributed by atoms with Crippen molar-refractivity contribution in [3.8, 4) is 0 Å². The molecule has 1 unspecified atom stereocenters. The fourth-order valence-electron chi connectivity index (χ4n) is 2.25. The Kier molecular flexibility index (Phi) is 4.94. The second kappa shape index (κ2) is 6.71. The second-order valence-corrected chi connectivity index (χ2v) is 4.55. The molecule has 0 saturated carbocycles. The van der Waals surface area contributed by atoms with Gasteiger partial charge in [0.05, 0.1) is 0 Å². The normalized spacial score (nSPS) is 20.6. The standard InChI is InChI=1S/C12H22N4O/c1-2-16-12(14-10-15-16)9-17-7-5-11-4-3-6-13-8-11/h10-11,13H,2-9H2,1H3. The average molecular weight is 238 g/mol. The van der Waals surface area contributed by atoms with Crippen molar-refractivity contribution in [1.29, 1.82) is 0 Å². The Hall–Kier alpha value is -0.940. The summed E-state index contributed by atoms with van der Waals surface area (Å²) in [4.78, 5) is 4.19. The predicted molar refractivity (Wildman–Crippen MR) is 65.6 cm³/mol. The molecule has 0 aliphatic carbocycles. The topological polar surface area (TPSA) is 52.0 Å². The minimum atomic E-state index is 0.577. The molecule has 5 nitrogen and oxygen atoms in total. The van der Waals surface area contributed by atoms with E-state index in [0.717, 1.165) is 37.9 Å². The van der Waals surface area contributed by atoms with Gasteiger partial charge in [0.25, 0.3) is 0 Å². The van der Waals surface area contributed by atoms with Gasteiger partial charge < -0.3 is 10.1 Å². The van der Waals surface area contributed by atoms with Gasteiger partial charge in [0.1, 0.15) is 12.9 Å². The molecule has 0 radical (unpaired) electrons. The first-order chi connectivity index (χ1) is 8.40. The van der Waals surface area contributed by atoms with E-state index in [1.165, 1.54) is 19.4 Å². The van der Waals surface area contributed by atoms with Crippen LogP contribution in [-0.2, 0) is 17.9 Å². The summed E-state index contributed by atoms with van der Waals surface area (Å²) in [7, 11) is 0. The van der Waals surface area contributed by atoms with Gasteiger partial charge in [-0.1, -0.05) is 0 Å². The largest absolute Gasteiger partial charge is 0.373 e. The van der Waals surface area contributed by atoms with Crippen LogP contribution in [0, 0.1) is 5.92 Å². The molecule has 1 aromatic rings. The molecule has 1 fully saturated rings. The third-order valence-electron chi connectivity index (χ3n) is 3.30. The summed E-state index contributed by atoms with van der Waals surface area (Å²) in [5.74, 6) is 1.71. The summed E-state index contributed by atoms with van der Waals surface area (Å²) in [5, 5.41) is 7.54. The Morgan fingerprint density at radius 1 is 1.59 bits per heavy atom. The molecule has 1 atom stereocenters. The van der Waals surface area contributed by atoms with E-state index in [2.05, 4.69) is 22.3 Å². The SMILES string of the molecule is CCn1ncnc1COCCC1CCCNC1. The lowest BCUT2D eigenvalue weighted by molar-refractivity contribution is 0.0960. The summed E-state index contributed by atoms with van der Waals surface area (Å²) in [6.07, 6.45) is 5.37. The molecule has 2 heterocycles. The summed E-state index contributed by atoms with van der Waals surface area (Å²) in [6, 6.07) is 0. The molecular formula is C12H22N4O. The number of hydrogen-bond donors (Lipinski definition) is 1. The smallest absolute Gasteiger partial charge is 0.152 e. The predicted octanol–water partition coefficient (Wildman–Crippen LogP) is 1.20. The molecule has 0 spiro atoms. The molecule has 1 N–H and O–H groups in total. The van der Waals surface area contributed by atoms with Crippen LogP contribution in [0.5, 0.6) is 0 Å². The molecule has 1 aromatic heterocycles. The highest BCUT2D eigenvalue weighted by atomic mass is 16.5. The van der Waals surface area contributed by atoms with Gasteiger partial charge in [0.2, 0.25) is 0 Å². The maximum atomic E-state index is 5.67. The zero-order chi connectivity index (χ0) is 11.9. The molecule has 1 aliphatic heterocycles. The molecule has 2 rings (SSSR count). The van der Waals surface area contributed by atoms with Crippen LogP contribution in [0.2, 0.25) is 0 Å². The lowest BCUT2D eigenvalue weighted by atomic mass is 9.97. The van der Waals surface area contributed by atoms with Crippen molar-refractivity contribution in [2.75, 3.05) is 19.7 Å². The van der Waals surface area contributed by atoms with Crippen LogP contribution < -0.4 is 5.32 Å². The van der Waals surface area contributed by atoms with Gasteiger partial charge in [-0.15, -0.1) is 0 Å². The van der Waals surface area contributed by atoms with Crippen molar-refractivity contribution in [3.63, 3.8) is 0 Å². The first-order valence-corrected chi connectivity index (χ1v) is 6.55. The number of hydrogen-bond acceptors (Lipinski definition) is 4. The van der Waals surface area contributed by atoms with Crippen LogP contribution in [-0.4, -0.2) is 34.5 Å². The number of ether oxygens (including phenoxy) is 1. The molecule has 17 heavy (non-hydrogen) atoms. The van der Waals surface area contributed by atoms with Crippen LogP contribution in [0.1, 0.15) is 32.0 Å². The van der Waals surface area contributed by atoms with Crippen molar-refractivity contribution in [2.45, 2.75) is 39.3 Å². The van der Waals surface area contributed by atoms with Crippen LogP contribution in [0.25, 0.3) is 0 Å².